The molecule has 0 fully saturated rings. The van der Waals surface area contributed by atoms with Gasteiger partial charge in [-0.1, -0.05) is 60.7 Å². The van der Waals surface area contributed by atoms with Crippen LogP contribution in [0.3, 0.4) is 0 Å². The maximum absolute atomic E-state index is 12.7. The van der Waals surface area contributed by atoms with Gasteiger partial charge in [-0.3, -0.25) is 0 Å². The molecular weight excluding hydrogens is 530 g/mol. The van der Waals surface area contributed by atoms with Gasteiger partial charge in [0.15, 0.2) is 5.69 Å². The molecule has 1 aromatic heterocycles. The summed E-state index contributed by atoms with van der Waals surface area (Å²) >= 11 is 3.59. The molecule has 0 bridgehead atoms. The number of sulfonamides is 1. The average molecular weight is 552 g/mol. The summed E-state index contributed by atoms with van der Waals surface area (Å²) in [6.45, 7) is 1.92. The van der Waals surface area contributed by atoms with Crippen LogP contribution in [-0.4, -0.2) is 30.8 Å². The van der Waals surface area contributed by atoms with Crippen molar-refractivity contribution < 1.29 is 17.9 Å². The summed E-state index contributed by atoms with van der Waals surface area (Å²) in [6.07, 6.45) is 2.00. The second kappa shape index (κ2) is 10.4. The number of hydrogen-bond donors (Lipinski definition) is 1. The molecule has 178 valence electrons. The molecule has 0 aliphatic carbocycles. The zero-order valence-electron chi connectivity index (χ0n) is 18.8. The van der Waals surface area contributed by atoms with Crippen LogP contribution in [0.2, 0.25) is 0 Å². The molecule has 35 heavy (non-hydrogen) atoms. The van der Waals surface area contributed by atoms with Crippen LogP contribution in [-0.2, 0) is 14.8 Å². The monoisotopic (exact) mass is 551 g/mol. The van der Waals surface area contributed by atoms with Crippen molar-refractivity contribution in [2.75, 3.05) is 6.61 Å². The average Bonchev–Trinajstić information content (AvgIpc) is 3.20. The lowest BCUT2D eigenvalue weighted by Crippen LogP contribution is -2.12. The largest absolute Gasteiger partial charge is 0.461 e. The zero-order valence-corrected chi connectivity index (χ0v) is 21.2. The molecule has 1 heterocycles. The molecule has 0 unspecified atom stereocenters. The van der Waals surface area contributed by atoms with Gasteiger partial charge in [-0.15, -0.1) is 0 Å². The summed E-state index contributed by atoms with van der Waals surface area (Å²) in [5.41, 5.74) is 3.89. The molecule has 2 N–H and O–H groups in total. The topological polar surface area (TPSA) is 104 Å². The van der Waals surface area contributed by atoms with Crippen molar-refractivity contribution in [3.63, 3.8) is 0 Å². The lowest BCUT2D eigenvalue weighted by atomic mass is 9.99. The smallest absolute Gasteiger partial charge is 0.360 e. The number of ether oxygens (including phenoxy) is 1. The van der Waals surface area contributed by atoms with Gasteiger partial charge in [-0.25, -0.2) is 23.0 Å². The number of hydrogen-bond acceptors (Lipinski definition) is 5. The molecule has 0 aliphatic heterocycles. The number of aromatic nitrogens is 2. The van der Waals surface area contributed by atoms with E-state index < -0.39 is 16.0 Å². The molecule has 9 heteroatoms. The third-order valence-electron chi connectivity index (χ3n) is 5.16. The SMILES string of the molecule is CCOC(=O)c1nn(-c2ccc(S(N)(=O)=O)cc2)c(/C(=C/c2ccccc2)c2ccccc2)c1Br. The molecule has 0 aliphatic rings. The van der Waals surface area contributed by atoms with Gasteiger partial charge < -0.3 is 4.74 Å². The Bertz CT molecular complexity index is 1480. The Morgan fingerprint density at radius 2 is 1.60 bits per heavy atom. The Morgan fingerprint density at radius 1 is 1.00 bits per heavy atom. The quantitative estimate of drug-likeness (QED) is 0.255. The van der Waals surface area contributed by atoms with Crippen molar-refractivity contribution in [1.29, 1.82) is 0 Å². The van der Waals surface area contributed by atoms with Crippen molar-refractivity contribution in [3.05, 3.63) is 112 Å². The van der Waals surface area contributed by atoms with E-state index in [4.69, 9.17) is 9.88 Å². The van der Waals surface area contributed by atoms with Gasteiger partial charge in [0.25, 0.3) is 0 Å². The Hall–Kier alpha value is -3.53. The number of nitrogens with two attached hydrogens (primary N) is 1. The van der Waals surface area contributed by atoms with Crippen LogP contribution in [0.25, 0.3) is 17.3 Å². The number of nitrogens with zero attached hydrogens (tertiary/aromatic N) is 2. The van der Waals surface area contributed by atoms with Crippen molar-refractivity contribution in [2.24, 2.45) is 5.14 Å². The Morgan fingerprint density at radius 3 is 2.17 bits per heavy atom. The van der Waals surface area contributed by atoms with Crippen molar-refractivity contribution in [3.8, 4) is 5.69 Å². The lowest BCUT2D eigenvalue weighted by molar-refractivity contribution is 0.0518. The first-order chi connectivity index (χ1) is 16.8. The van der Waals surface area contributed by atoms with Crippen LogP contribution in [0.5, 0.6) is 0 Å². The Balaban J connectivity index is 1.99. The van der Waals surface area contributed by atoms with E-state index in [0.29, 0.717) is 15.9 Å². The van der Waals surface area contributed by atoms with Crippen molar-refractivity contribution in [2.45, 2.75) is 11.8 Å². The molecule has 0 saturated carbocycles. The fourth-order valence-corrected chi connectivity index (χ4v) is 4.69. The lowest BCUT2D eigenvalue weighted by Gasteiger charge is -2.13. The van der Waals surface area contributed by atoms with Gasteiger partial charge in [-0.2, -0.15) is 5.10 Å². The van der Waals surface area contributed by atoms with Crippen LogP contribution < -0.4 is 5.14 Å². The number of carbonyl (C=O) groups is 1. The minimum absolute atomic E-state index is 0.0252. The third kappa shape index (κ3) is 5.43. The molecule has 0 spiro atoms. The predicted molar refractivity (Wildman–Crippen MR) is 138 cm³/mol. The summed E-state index contributed by atoms with van der Waals surface area (Å²) < 4.78 is 30.7. The summed E-state index contributed by atoms with van der Waals surface area (Å²) in [7, 11) is -3.86. The van der Waals surface area contributed by atoms with E-state index in [-0.39, 0.29) is 17.2 Å². The fourth-order valence-electron chi connectivity index (χ4n) is 3.55. The third-order valence-corrected chi connectivity index (χ3v) is 6.84. The first-order valence-corrected chi connectivity index (χ1v) is 13.0. The number of benzene rings is 3. The van der Waals surface area contributed by atoms with Crippen molar-refractivity contribution in [1.82, 2.24) is 9.78 Å². The highest BCUT2D eigenvalue weighted by Crippen LogP contribution is 2.36. The maximum Gasteiger partial charge on any atom is 0.360 e. The molecule has 0 amide bonds. The first kappa shape index (κ1) is 24.6. The molecule has 7 nitrogen and oxygen atoms in total. The van der Waals surface area contributed by atoms with Crippen LogP contribution >= 0.6 is 15.9 Å². The molecule has 0 saturated heterocycles. The number of rotatable bonds is 7. The molecular formula is C26H22BrN3O4S. The summed E-state index contributed by atoms with van der Waals surface area (Å²) in [5.74, 6) is -0.576. The molecule has 0 atom stereocenters. The highest BCUT2D eigenvalue weighted by Gasteiger charge is 2.26. The zero-order chi connectivity index (χ0) is 25.0. The van der Waals surface area contributed by atoms with E-state index in [0.717, 1.165) is 16.7 Å². The van der Waals surface area contributed by atoms with E-state index in [1.165, 1.54) is 12.1 Å². The summed E-state index contributed by atoms with van der Waals surface area (Å²) in [4.78, 5) is 12.7. The van der Waals surface area contributed by atoms with Gasteiger partial charge in [0.05, 0.1) is 27.4 Å². The van der Waals surface area contributed by atoms with E-state index in [9.17, 15) is 13.2 Å². The maximum atomic E-state index is 12.7. The fraction of sp³-hybridized carbons (Fsp3) is 0.0769. The number of carbonyl (C=O) groups excluding carboxylic acids is 1. The van der Waals surface area contributed by atoms with Crippen LogP contribution in [0.4, 0.5) is 0 Å². The number of halogens is 1. The minimum atomic E-state index is -3.86. The van der Waals surface area contributed by atoms with E-state index in [2.05, 4.69) is 21.0 Å². The van der Waals surface area contributed by atoms with Crippen LogP contribution in [0.1, 0.15) is 34.2 Å². The standard InChI is InChI=1S/C26H22BrN3O4S/c1-2-34-26(31)24-23(27)25(30(29-24)20-13-15-21(16-14-20)35(28,32)33)22(19-11-7-4-8-12-19)17-18-9-5-3-6-10-18/h3-17H,2H2,1H3,(H2,28,32,33)/b22-17+. The Labute approximate surface area is 212 Å². The highest BCUT2D eigenvalue weighted by atomic mass is 79.9. The van der Waals surface area contributed by atoms with E-state index in [1.54, 1.807) is 23.7 Å². The van der Waals surface area contributed by atoms with Gasteiger partial charge in [0.1, 0.15) is 0 Å². The molecule has 4 rings (SSSR count). The van der Waals surface area contributed by atoms with E-state index in [1.807, 2.05) is 66.7 Å². The number of esters is 1. The minimum Gasteiger partial charge on any atom is -0.461 e. The van der Waals surface area contributed by atoms with E-state index >= 15 is 0 Å². The summed E-state index contributed by atoms with van der Waals surface area (Å²) in [6, 6.07) is 25.5. The van der Waals surface area contributed by atoms with Gasteiger partial charge >= 0.3 is 5.97 Å². The van der Waals surface area contributed by atoms with Crippen molar-refractivity contribution >= 4 is 43.6 Å². The first-order valence-electron chi connectivity index (χ1n) is 10.7. The van der Waals surface area contributed by atoms with Gasteiger partial charge in [0, 0.05) is 5.57 Å². The summed E-state index contributed by atoms with van der Waals surface area (Å²) in [5, 5.41) is 9.81. The normalized spacial score (nSPS) is 11.9. The molecule has 3 aromatic carbocycles. The molecule has 0 radical (unpaired) electrons. The van der Waals surface area contributed by atoms with Gasteiger partial charge in [0.2, 0.25) is 10.0 Å². The second-order valence-electron chi connectivity index (χ2n) is 7.52. The second-order valence-corrected chi connectivity index (χ2v) is 9.87. The van der Waals surface area contributed by atoms with Crippen LogP contribution in [0.15, 0.2) is 94.3 Å². The highest BCUT2D eigenvalue weighted by molar-refractivity contribution is 9.10. The van der Waals surface area contributed by atoms with Crippen LogP contribution in [0, 0.1) is 0 Å². The number of primary sulfonamides is 1. The predicted octanol–water partition coefficient (Wildman–Crippen LogP) is 5.05. The Kier molecular flexibility index (Phi) is 7.30. The van der Waals surface area contributed by atoms with Gasteiger partial charge in [-0.05, 0) is 64.3 Å². The molecule has 4 aromatic rings.